The number of halogens is 3. The Labute approximate surface area is 182 Å². The Morgan fingerprint density at radius 2 is 1.81 bits per heavy atom. The summed E-state index contributed by atoms with van der Waals surface area (Å²) >= 11 is 5.63. The van der Waals surface area contributed by atoms with Gasteiger partial charge in [-0.2, -0.15) is 0 Å². The molecule has 2 bridgehead atoms. The average molecular weight is 451 g/mol. The van der Waals surface area contributed by atoms with Gasteiger partial charge in [-0.25, -0.2) is 8.78 Å². The Bertz CT molecular complexity index is 1030. The third-order valence-corrected chi connectivity index (χ3v) is 6.20. The van der Waals surface area contributed by atoms with Crippen LogP contribution in [0.1, 0.15) is 29.6 Å². The first-order valence-electron chi connectivity index (χ1n) is 9.82. The van der Waals surface area contributed by atoms with Crippen LogP contribution in [0.3, 0.4) is 0 Å². The highest BCUT2D eigenvalue weighted by atomic mass is 35.5. The molecule has 0 heterocycles. The zero-order valence-corrected chi connectivity index (χ0v) is 17.5. The van der Waals surface area contributed by atoms with Crippen LogP contribution >= 0.6 is 11.6 Å². The molecule has 1 unspecified atom stereocenters. The summed E-state index contributed by atoms with van der Waals surface area (Å²) in [4.78, 5) is 24.8. The lowest BCUT2D eigenvalue weighted by Crippen LogP contribution is -2.53. The third-order valence-electron chi connectivity index (χ3n) is 5.89. The second-order valence-corrected chi connectivity index (χ2v) is 8.40. The smallest absolute Gasteiger partial charge is 0.258 e. The van der Waals surface area contributed by atoms with Gasteiger partial charge in [-0.15, -0.1) is 0 Å². The maximum atomic E-state index is 14.1. The summed E-state index contributed by atoms with van der Waals surface area (Å²) < 4.78 is 37.9. The molecule has 2 N–H and O–H groups in total. The molecule has 31 heavy (non-hydrogen) atoms. The van der Waals surface area contributed by atoms with Crippen molar-refractivity contribution in [3.05, 3.63) is 58.6 Å². The minimum absolute atomic E-state index is 0.0234. The van der Waals surface area contributed by atoms with Gasteiger partial charge in [-0.3, -0.25) is 9.59 Å². The van der Waals surface area contributed by atoms with Crippen molar-refractivity contribution in [2.24, 2.45) is 5.92 Å². The predicted molar refractivity (Wildman–Crippen MR) is 109 cm³/mol. The number of methoxy groups -OCH3 is 1. The number of carbonyl (C=O) groups is 2. The van der Waals surface area contributed by atoms with Gasteiger partial charge < -0.3 is 20.1 Å². The van der Waals surface area contributed by atoms with E-state index >= 15 is 0 Å². The molecule has 0 aliphatic heterocycles. The molecule has 0 saturated heterocycles. The van der Waals surface area contributed by atoms with Crippen molar-refractivity contribution in [2.75, 3.05) is 13.7 Å². The molecular weight excluding hydrogens is 430 g/mol. The molecule has 5 rings (SSSR count). The van der Waals surface area contributed by atoms with Gasteiger partial charge in [0.05, 0.1) is 17.7 Å². The van der Waals surface area contributed by atoms with E-state index in [1.54, 1.807) is 0 Å². The Balaban J connectivity index is 1.29. The molecular formula is C22H21ClF2N2O4. The topological polar surface area (TPSA) is 76.7 Å². The Morgan fingerprint density at radius 1 is 1.10 bits per heavy atom. The molecule has 3 saturated carbocycles. The van der Waals surface area contributed by atoms with Crippen LogP contribution in [0.5, 0.6) is 11.5 Å². The number of hydrogen-bond acceptors (Lipinski definition) is 4. The molecule has 0 aromatic heterocycles. The minimum atomic E-state index is -0.652. The number of fused-ring (bicyclic) bond motifs is 1. The van der Waals surface area contributed by atoms with Gasteiger partial charge in [0.1, 0.15) is 23.1 Å². The van der Waals surface area contributed by atoms with Crippen LogP contribution in [-0.4, -0.2) is 37.1 Å². The van der Waals surface area contributed by atoms with E-state index in [0.717, 1.165) is 25.0 Å². The standard InChI is InChI=1S/C22H21ClF2N2O4/c1-30-13-2-4-15(17(24)6-13)21(29)26-19-10-22(8-12(19)9-22)27-20(28)11-31-14-3-5-16(23)18(25)7-14/h2-7,12,19H,8-11H2,1H3,(H,26,29)(H,27,28). The van der Waals surface area contributed by atoms with Crippen molar-refractivity contribution in [3.63, 3.8) is 0 Å². The van der Waals surface area contributed by atoms with E-state index < -0.39 is 23.1 Å². The van der Waals surface area contributed by atoms with Crippen molar-refractivity contribution >= 4 is 23.4 Å². The van der Waals surface area contributed by atoms with Gasteiger partial charge in [0.15, 0.2) is 6.61 Å². The van der Waals surface area contributed by atoms with Gasteiger partial charge in [0, 0.05) is 23.7 Å². The minimum Gasteiger partial charge on any atom is -0.497 e. The van der Waals surface area contributed by atoms with Crippen LogP contribution < -0.4 is 20.1 Å². The van der Waals surface area contributed by atoms with Gasteiger partial charge in [-0.1, -0.05) is 11.6 Å². The quantitative estimate of drug-likeness (QED) is 0.677. The molecule has 6 nitrogen and oxygen atoms in total. The number of rotatable bonds is 7. The molecule has 3 fully saturated rings. The average Bonchev–Trinajstić information content (AvgIpc) is 3.22. The van der Waals surface area contributed by atoms with Crippen molar-refractivity contribution in [1.29, 1.82) is 0 Å². The van der Waals surface area contributed by atoms with Crippen LogP contribution in [0.4, 0.5) is 8.78 Å². The van der Waals surface area contributed by atoms with Crippen LogP contribution in [-0.2, 0) is 4.79 Å². The maximum absolute atomic E-state index is 14.1. The number of ether oxygens (including phenoxy) is 2. The highest BCUT2D eigenvalue weighted by molar-refractivity contribution is 6.30. The second kappa shape index (κ2) is 8.34. The summed E-state index contributed by atoms with van der Waals surface area (Å²) in [6.07, 6.45) is 2.01. The number of nitrogens with one attached hydrogen (secondary N) is 2. The Kier molecular flexibility index (Phi) is 5.75. The SMILES string of the molecule is COc1ccc(C(=O)NC2CC3(NC(=O)COc4ccc(Cl)c(F)c4)CC2C3)c(F)c1. The summed E-state index contributed by atoms with van der Waals surface area (Å²) in [6.45, 7) is -0.262. The second-order valence-electron chi connectivity index (χ2n) is 7.99. The summed E-state index contributed by atoms with van der Waals surface area (Å²) in [5, 5.41) is 5.81. The first kappa shape index (κ1) is 21.4. The van der Waals surface area contributed by atoms with Crippen molar-refractivity contribution in [1.82, 2.24) is 10.6 Å². The normalized spacial score (nSPS) is 23.6. The monoisotopic (exact) mass is 450 g/mol. The first-order chi connectivity index (χ1) is 14.8. The molecule has 2 aromatic carbocycles. The van der Waals surface area contributed by atoms with E-state index in [9.17, 15) is 18.4 Å². The molecule has 2 aromatic rings. The summed E-state index contributed by atoms with van der Waals surface area (Å²) in [6, 6.07) is 7.88. The lowest BCUT2D eigenvalue weighted by Gasteiger charge is -2.39. The van der Waals surface area contributed by atoms with Crippen LogP contribution in [0, 0.1) is 17.6 Å². The molecule has 9 heteroatoms. The highest BCUT2D eigenvalue weighted by Gasteiger charge is 2.57. The van der Waals surface area contributed by atoms with E-state index in [1.165, 1.54) is 31.4 Å². The Hall–Kier alpha value is -2.87. The molecule has 164 valence electrons. The molecule has 0 radical (unpaired) electrons. The van der Waals surface area contributed by atoms with E-state index in [2.05, 4.69) is 10.6 Å². The number of carbonyl (C=O) groups excluding carboxylic acids is 2. The maximum Gasteiger partial charge on any atom is 0.258 e. The molecule has 3 aliphatic rings. The van der Waals surface area contributed by atoms with E-state index in [-0.39, 0.29) is 40.8 Å². The fourth-order valence-corrected chi connectivity index (χ4v) is 4.52. The molecule has 3 aliphatic carbocycles. The summed E-state index contributed by atoms with van der Waals surface area (Å²) in [5.41, 5.74) is -0.459. The van der Waals surface area contributed by atoms with Gasteiger partial charge in [-0.05, 0) is 49.4 Å². The molecule has 2 amide bonds. The van der Waals surface area contributed by atoms with Crippen LogP contribution in [0.25, 0.3) is 0 Å². The lowest BCUT2D eigenvalue weighted by atomic mass is 9.76. The Morgan fingerprint density at radius 3 is 2.48 bits per heavy atom. The third kappa shape index (κ3) is 4.44. The summed E-state index contributed by atoms with van der Waals surface area (Å²) in [7, 11) is 1.42. The number of benzene rings is 2. The van der Waals surface area contributed by atoms with Crippen LogP contribution in [0.2, 0.25) is 5.02 Å². The highest BCUT2D eigenvalue weighted by Crippen LogP contribution is 2.52. The first-order valence-corrected chi connectivity index (χ1v) is 10.2. The molecule has 1 atom stereocenters. The lowest BCUT2D eigenvalue weighted by molar-refractivity contribution is -0.125. The van der Waals surface area contributed by atoms with Crippen molar-refractivity contribution in [2.45, 2.75) is 30.8 Å². The fraction of sp³-hybridized carbons (Fsp3) is 0.364. The van der Waals surface area contributed by atoms with Gasteiger partial charge >= 0.3 is 0 Å². The fourth-order valence-electron chi connectivity index (χ4n) is 4.41. The van der Waals surface area contributed by atoms with Crippen molar-refractivity contribution < 1.29 is 27.8 Å². The van der Waals surface area contributed by atoms with Gasteiger partial charge in [0.2, 0.25) is 0 Å². The van der Waals surface area contributed by atoms with Crippen LogP contribution in [0.15, 0.2) is 36.4 Å². The zero-order chi connectivity index (χ0) is 22.2. The number of hydrogen-bond donors (Lipinski definition) is 2. The largest absolute Gasteiger partial charge is 0.497 e. The summed E-state index contributed by atoms with van der Waals surface area (Å²) in [5.74, 6) is -1.34. The number of amides is 2. The van der Waals surface area contributed by atoms with E-state index in [4.69, 9.17) is 21.1 Å². The molecule has 0 spiro atoms. The predicted octanol–water partition coefficient (Wildman–Crippen LogP) is 3.47. The zero-order valence-electron chi connectivity index (χ0n) is 16.7. The van der Waals surface area contributed by atoms with Gasteiger partial charge in [0.25, 0.3) is 11.8 Å². The van der Waals surface area contributed by atoms with Crippen molar-refractivity contribution in [3.8, 4) is 11.5 Å². The van der Waals surface area contributed by atoms with E-state index in [0.29, 0.717) is 12.2 Å². The van der Waals surface area contributed by atoms with E-state index in [1.807, 2.05) is 0 Å².